The molecule has 0 bridgehead atoms. The highest BCUT2D eigenvalue weighted by Crippen LogP contribution is 2.36. The average Bonchev–Trinajstić information content (AvgIpc) is 2.91. The number of halogens is 1. The van der Waals surface area contributed by atoms with E-state index in [1.165, 1.54) is 0 Å². The van der Waals surface area contributed by atoms with E-state index in [2.05, 4.69) is 0 Å². The van der Waals surface area contributed by atoms with Crippen molar-refractivity contribution >= 4 is 17.4 Å². The summed E-state index contributed by atoms with van der Waals surface area (Å²) in [7, 11) is 3.10. The monoisotopic (exact) mass is 268 g/mol. The molecule has 4 heteroatoms. The van der Waals surface area contributed by atoms with Gasteiger partial charge in [-0.25, -0.2) is 0 Å². The van der Waals surface area contributed by atoms with Crippen LogP contribution in [0.3, 0.4) is 0 Å². The third-order valence-electron chi connectivity index (χ3n) is 3.46. The van der Waals surface area contributed by atoms with E-state index in [-0.39, 0.29) is 11.7 Å². The molecule has 18 heavy (non-hydrogen) atoms. The Balaban J connectivity index is 2.34. The second-order valence-electron chi connectivity index (χ2n) is 4.53. The molecule has 1 aromatic carbocycles. The Kier molecular flexibility index (Phi) is 4.12. The van der Waals surface area contributed by atoms with E-state index in [0.717, 1.165) is 25.7 Å². The minimum Gasteiger partial charge on any atom is -0.493 e. The number of rotatable bonds is 4. The smallest absolute Gasteiger partial charge is 0.167 e. The molecular weight excluding hydrogens is 252 g/mol. The van der Waals surface area contributed by atoms with Crippen molar-refractivity contribution in [1.29, 1.82) is 0 Å². The molecule has 1 aliphatic rings. The first-order chi connectivity index (χ1) is 8.67. The van der Waals surface area contributed by atoms with Crippen LogP contribution in [-0.2, 0) is 0 Å². The summed E-state index contributed by atoms with van der Waals surface area (Å²) in [6, 6.07) is 3.32. The molecule has 1 saturated carbocycles. The number of carbonyl (C=O) groups excluding carboxylic acids is 1. The van der Waals surface area contributed by atoms with Gasteiger partial charge in [-0.15, -0.1) is 0 Å². The summed E-state index contributed by atoms with van der Waals surface area (Å²) in [5.41, 5.74) is 0.543. The summed E-state index contributed by atoms with van der Waals surface area (Å²) in [5.74, 6) is 1.33. The largest absolute Gasteiger partial charge is 0.493 e. The van der Waals surface area contributed by atoms with Gasteiger partial charge in [0.2, 0.25) is 0 Å². The van der Waals surface area contributed by atoms with Gasteiger partial charge in [0.25, 0.3) is 0 Å². The van der Waals surface area contributed by atoms with Gasteiger partial charge < -0.3 is 9.47 Å². The van der Waals surface area contributed by atoms with E-state index < -0.39 is 0 Å². The first kappa shape index (κ1) is 13.2. The molecule has 2 rings (SSSR count). The summed E-state index contributed by atoms with van der Waals surface area (Å²) >= 11 is 6.15. The number of hydrogen-bond acceptors (Lipinski definition) is 3. The normalized spacial score (nSPS) is 15.7. The molecule has 0 atom stereocenters. The summed E-state index contributed by atoms with van der Waals surface area (Å²) in [4.78, 5) is 12.4. The maximum Gasteiger partial charge on any atom is 0.167 e. The molecule has 1 aliphatic carbocycles. The lowest BCUT2D eigenvalue weighted by Gasteiger charge is -2.13. The number of ketones is 1. The van der Waals surface area contributed by atoms with Gasteiger partial charge in [0.15, 0.2) is 17.3 Å². The third-order valence-corrected chi connectivity index (χ3v) is 3.78. The third kappa shape index (κ3) is 2.46. The first-order valence-corrected chi connectivity index (χ1v) is 6.51. The minimum atomic E-state index is 0.112. The van der Waals surface area contributed by atoms with Crippen molar-refractivity contribution in [2.75, 3.05) is 14.2 Å². The highest BCUT2D eigenvalue weighted by molar-refractivity contribution is 6.34. The molecule has 0 aliphatic heterocycles. The minimum absolute atomic E-state index is 0.112. The Bertz CT molecular complexity index is 451. The quantitative estimate of drug-likeness (QED) is 0.781. The molecule has 0 amide bonds. The molecule has 0 aromatic heterocycles. The van der Waals surface area contributed by atoms with E-state index in [0.29, 0.717) is 22.1 Å². The number of hydrogen-bond donors (Lipinski definition) is 0. The first-order valence-electron chi connectivity index (χ1n) is 6.13. The van der Waals surface area contributed by atoms with Crippen LogP contribution in [0.25, 0.3) is 0 Å². The fourth-order valence-electron chi connectivity index (χ4n) is 2.45. The summed E-state index contributed by atoms with van der Waals surface area (Å²) in [6.07, 6.45) is 4.18. The van der Waals surface area contributed by atoms with E-state index >= 15 is 0 Å². The van der Waals surface area contributed by atoms with Crippen LogP contribution in [0.15, 0.2) is 12.1 Å². The zero-order valence-corrected chi connectivity index (χ0v) is 11.4. The van der Waals surface area contributed by atoms with Crippen LogP contribution in [-0.4, -0.2) is 20.0 Å². The predicted molar refractivity (Wildman–Crippen MR) is 70.8 cm³/mol. The molecular formula is C14H17ClO3. The Labute approximate surface area is 112 Å². The summed E-state index contributed by atoms with van der Waals surface area (Å²) in [6.45, 7) is 0. The van der Waals surface area contributed by atoms with Crippen LogP contribution in [0.5, 0.6) is 11.5 Å². The molecule has 1 aromatic rings. The number of benzene rings is 1. The second-order valence-corrected chi connectivity index (χ2v) is 4.94. The van der Waals surface area contributed by atoms with Crippen LogP contribution in [0.1, 0.15) is 36.0 Å². The van der Waals surface area contributed by atoms with Gasteiger partial charge in [-0.2, -0.15) is 0 Å². The number of carbonyl (C=O) groups is 1. The van der Waals surface area contributed by atoms with Crippen LogP contribution < -0.4 is 9.47 Å². The topological polar surface area (TPSA) is 35.5 Å². The Hall–Kier alpha value is -1.22. The fourth-order valence-corrected chi connectivity index (χ4v) is 2.70. The fraction of sp³-hybridized carbons (Fsp3) is 0.500. The molecule has 98 valence electrons. The molecule has 0 spiro atoms. The van der Waals surface area contributed by atoms with Crippen molar-refractivity contribution in [2.24, 2.45) is 5.92 Å². The van der Waals surface area contributed by atoms with Crippen molar-refractivity contribution in [2.45, 2.75) is 25.7 Å². The molecule has 0 saturated heterocycles. The molecule has 1 fully saturated rings. The average molecular weight is 269 g/mol. The standard InChI is InChI=1S/C14H17ClO3/c1-17-12-7-10(11(15)8-13(12)18-2)14(16)9-5-3-4-6-9/h7-9H,3-6H2,1-2H3. The molecule has 0 unspecified atom stereocenters. The zero-order valence-electron chi connectivity index (χ0n) is 10.7. The van der Waals surface area contributed by atoms with Crippen LogP contribution >= 0.6 is 11.6 Å². The van der Waals surface area contributed by atoms with Gasteiger partial charge in [-0.1, -0.05) is 24.4 Å². The molecule has 0 N–H and O–H groups in total. The summed E-state index contributed by atoms with van der Waals surface area (Å²) < 4.78 is 10.4. The van der Waals surface area contributed by atoms with E-state index in [9.17, 15) is 4.79 Å². The lowest BCUT2D eigenvalue weighted by Crippen LogP contribution is -2.12. The highest BCUT2D eigenvalue weighted by Gasteiger charge is 2.26. The second kappa shape index (κ2) is 5.61. The van der Waals surface area contributed by atoms with E-state index in [1.54, 1.807) is 26.4 Å². The predicted octanol–water partition coefficient (Wildman–Crippen LogP) is 3.73. The maximum atomic E-state index is 12.4. The maximum absolute atomic E-state index is 12.4. The highest BCUT2D eigenvalue weighted by atomic mass is 35.5. The Morgan fingerprint density at radius 1 is 1.17 bits per heavy atom. The Morgan fingerprint density at radius 3 is 2.28 bits per heavy atom. The van der Waals surface area contributed by atoms with Gasteiger partial charge in [0.05, 0.1) is 19.2 Å². The van der Waals surface area contributed by atoms with Crippen LogP contribution in [0.2, 0.25) is 5.02 Å². The lowest BCUT2D eigenvalue weighted by molar-refractivity contribution is 0.0922. The van der Waals surface area contributed by atoms with Crippen LogP contribution in [0, 0.1) is 5.92 Å². The van der Waals surface area contributed by atoms with Gasteiger partial charge >= 0.3 is 0 Å². The van der Waals surface area contributed by atoms with Crippen LogP contribution in [0.4, 0.5) is 0 Å². The number of Topliss-reactive ketones (excluding diaryl/α,β-unsaturated/α-hetero) is 1. The van der Waals surface area contributed by atoms with Crippen molar-refractivity contribution in [3.63, 3.8) is 0 Å². The Morgan fingerprint density at radius 2 is 1.72 bits per heavy atom. The number of ether oxygens (including phenoxy) is 2. The molecule has 3 nitrogen and oxygen atoms in total. The summed E-state index contributed by atoms with van der Waals surface area (Å²) in [5, 5.41) is 0.435. The van der Waals surface area contributed by atoms with Gasteiger partial charge in [-0.3, -0.25) is 4.79 Å². The van der Waals surface area contributed by atoms with Crippen molar-refractivity contribution in [1.82, 2.24) is 0 Å². The van der Waals surface area contributed by atoms with Crippen molar-refractivity contribution < 1.29 is 14.3 Å². The lowest BCUT2D eigenvalue weighted by atomic mass is 9.96. The molecule has 0 radical (unpaired) electrons. The van der Waals surface area contributed by atoms with Gasteiger partial charge in [-0.05, 0) is 18.9 Å². The molecule has 0 heterocycles. The zero-order chi connectivity index (χ0) is 13.1. The number of methoxy groups -OCH3 is 2. The van der Waals surface area contributed by atoms with Gasteiger partial charge in [0, 0.05) is 17.5 Å². The SMILES string of the molecule is COc1cc(Cl)c(C(=O)C2CCCC2)cc1OC. The van der Waals surface area contributed by atoms with Crippen molar-refractivity contribution in [3.8, 4) is 11.5 Å². The van der Waals surface area contributed by atoms with Crippen molar-refractivity contribution in [3.05, 3.63) is 22.7 Å². The van der Waals surface area contributed by atoms with Gasteiger partial charge in [0.1, 0.15) is 0 Å². The van der Waals surface area contributed by atoms with E-state index in [1.807, 2.05) is 0 Å². The van der Waals surface area contributed by atoms with E-state index in [4.69, 9.17) is 21.1 Å².